The number of nitrogens with one attached hydrogen (secondary N) is 3. The second kappa shape index (κ2) is 11.4. The lowest BCUT2D eigenvalue weighted by Gasteiger charge is -2.39. The number of anilines is 1. The van der Waals surface area contributed by atoms with E-state index in [0.717, 1.165) is 33.4 Å². The first-order valence-electron chi connectivity index (χ1n) is 13.5. The van der Waals surface area contributed by atoms with E-state index < -0.39 is 12.3 Å². The van der Waals surface area contributed by atoms with Crippen LogP contribution in [0.4, 0.5) is 18.9 Å². The molecule has 1 amide bonds. The van der Waals surface area contributed by atoms with Crippen molar-refractivity contribution in [1.29, 1.82) is 0 Å². The van der Waals surface area contributed by atoms with Crippen LogP contribution in [0.25, 0.3) is 10.9 Å². The number of fused-ring (bicyclic) bond motifs is 1. The Labute approximate surface area is 226 Å². The number of nitrogens with zero attached hydrogens (tertiary/aromatic N) is 3. The fourth-order valence-electron chi connectivity index (χ4n) is 5.93. The number of aryl methyl sites for hydroxylation is 3. The summed E-state index contributed by atoms with van der Waals surface area (Å²) in [6, 6.07) is 3.17. The van der Waals surface area contributed by atoms with Crippen molar-refractivity contribution < 1.29 is 18.0 Å². The van der Waals surface area contributed by atoms with Gasteiger partial charge in [0, 0.05) is 54.4 Å². The molecule has 0 aliphatic heterocycles. The lowest BCUT2D eigenvalue weighted by molar-refractivity contribution is -0.166. The molecule has 1 fully saturated rings. The zero-order chi connectivity index (χ0) is 28.5. The van der Waals surface area contributed by atoms with E-state index in [1.165, 1.54) is 0 Å². The maximum atomic E-state index is 13.6. The summed E-state index contributed by atoms with van der Waals surface area (Å²) < 4.78 is 40.3. The van der Waals surface area contributed by atoms with Gasteiger partial charge >= 0.3 is 6.30 Å². The Morgan fingerprint density at radius 2 is 1.85 bits per heavy atom. The predicted octanol–water partition coefficient (Wildman–Crippen LogP) is 4.62. The number of halogens is 3. The summed E-state index contributed by atoms with van der Waals surface area (Å²) >= 11 is 0. The maximum Gasteiger partial charge on any atom is 0.457 e. The highest BCUT2D eigenvalue weighted by molar-refractivity contribution is 6.05. The third-order valence-corrected chi connectivity index (χ3v) is 7.78. The minimum atomic E-state index is -4.39. The van der Waals surface area contributed by atoms with Crippen LogP contribution in [0, 0.1) is 13.8 Å². The first-order chi connectivity index (χ1) is 18.4. The van der Waals surface area contributed by atoms with Gasteiger partial charge in [-0.1, -0.05) is 6.92 Å². The van der Waals surface area contributed by atoms with Gasteiger partial charge in [-0.25, -0.2) is 5.32 Å². The van der Waals surface area contributed by atoms with E-state index in [1.54, 1.807) is 16.2 Å². The van der Waals surface area contributed by atoms with Crippen molar-refractivity contribution in [1.82, 2.24) is 25.4 Å². The molecule has 3 N–H and O–H groups in total. The van der Waals surface area contributed by atoms with Crippen LogP contribution in [-0.2, 0) is 20.0 Å². The fourth-order valence-corrected chi connectivity index (χ4v) is 5.93. The monoisotopic (exact) mass is 546 g/mol. The molecule has 212 valence electrons. The van der Waals surface area contributed by atoms with E-state index in [0.29, 0.717) is 49.8 Å². The molecule has 3 aromatic rings. The van der Waals surface area contributed by atoms with Crippen molar-refractivity contribution in [2.75, 3.05) is 11.4 Å². The van der Waals surface area contributed by atoms with Gasteiger partial charge in [-0.15, -0.1) is 0 Å². The summed E-state index contributed by atoms with van der Waals surface area (Å²) in [6.07, 6.45) is 0.0420. The summed E-state index contributed by atoms with van der Waals surface area (Å²) in [4.78, 5) is 31.1. The Morgan fingerprint density at radius 3 is 2.44 bits per heavy atom. The molecule has 8 nitrogen and oxygen atoms in total. The summed E-state index contributed by atoms with van der Waals surface area (Å²) in [5.74, 6) is -0.287. The van der Waals surface area contributed by atoms with E-state index in [9.17, 15) is 22.8 Å². The molecule has 2 aromatic heterocycles. The molecule has 1 aliphatic carbocycles. The van der Waals surface area contributed by atoms with E-state index in [4.69, 9.17) is 0 Å². The Bertz CT molecular complexity index is 1400. The number of hydrogen-bond donors (Lipinski definition) is 3. The van der Waals surface area contributed by atoms with Crippen molar-refractivity contribution in [3.8, 4) is 0 Å². The number of rotatable bonds is 8. The van der Waals surface area contributed by atoms with Crippen LogP contribution in [0.3, 0.4) is 0 Å². The van der Waals surface area contributed by atoms with Gasteiger partial charge in [-0.05, 0) is 76.1 Å². The van der Waals surface area contributed by atoms with Gasteiger partial charge in [0.05, 0.1) is 17.4 Å². The zero-order valence-corrected chi connectivity index (χ0v) is 23.1. The Kier molecular flexibility index (Phi) is 8.39. The number of hydrogen-bond acceptors (Lipinski definition) is 5. The normalized spacial score (nSPS) is 17.9. The zero-order valence-electron chi connectivity index (χ0n) is 23.1. The number of alkyl halides is 3. The summed E-state index contributed by atoms with van der Waals surface area (Å²) in [6.45, 7) is 8.41. The third-order valence-electron chi connectivity index (χ3n) is 7.78. The maximum absolute atomic E-state index is 13.6. The van der Waals surface area contributed by atoms with Crippen molar-refractivity contribution in [2.45, 2.75) is 84.7 Å². The summed E-state index contributed by atoms with van der Waals surface area (Å²) in [5.41, 5.74) is 4.93. The molecule has 1 aliphatic rings. The van der Waals surface area contributed by atoms with Gasteiger partial charge in [0.2, 0.25) is 0 Å². The smallest absolute Gasteiger partial charge is 0.368 e. The minimum absolute atomic E-state index is 0.0436. The largest absolute Gasteiger partial charge is 0.457 e. The highest BCUT2D eigenvalue weighted by Gasteiger charge is 2.35. The third kappa shape index (κ3) is 6.13. The second-order valence-electron chi connectivity index (χ2n) is 10.4. The van der Waals surface area contributed by atoms with Gasteiger partial charge < -0.3 is 15.2 Å². The number of aromatic nitrogens is 3. The van der Waals surface area contributed by atoms with E-state index >= 15 is 0 Å². The fraction of sp³-hybridized carbons (Fsp3) is 0.536. The molecule has 0 spiro atoms. The first-order valence-corrected chi connectivity index (χ1v) is 13.5. The van der Waals surface area contributed by atoms with Crippen LogP contribution < -0.4 is 21.1 Å². The molecule has 0 saturated heterocycles. The standard InChI is InChI=1S/C28H37F3N6O2/c1-6-20-21(26(38)32-14-22-16(3)12-17(4)34-27(22)39)13-24-23(15-33-36(24)5)25(20)37(7-2)19-10-8-18(9-11-19)35-28(29,30)31/h12-13,15,18-19,35H,6-11,14H2,1-5H3,(H,32,38)(H,34,39). The Balaban J connectivity index is 1.68. The first kappa shape index (κ1) is 28.7. The molecule has 0 atom stereocenters. The molecule has 0 bridgehead atoms. The number of benzene rings is 1. The second-order valence-corrected chi connectivity index (χ2v) is 10.4. The van der Waals surface area contributed by atoms with Gasteiger partial charge in [-0.3, -0.25) is 14.3 Å². The summed E-state index contributed by atoms with van der Waals surface area (Å²) in [7, 11) is 1.82. The average Bonchev–Trinajstić information content (AvgIpc) is 3.23. The van der Waals surface area contributed by atoms with Gasteiger partial charge in [0.25, 0.3) is 11.5 Å². The van der Waals surface area contributed by atoms with Crippen LogP contribution in [0.1, 0.15) is 72.3 Å². The molecule has 1 saturated carbocycles. The number of aromatic amines is 1. The molecular formula is C28H37F3N6O2. The van der Waals surface area contributed by atoms with E-state index in [2.05, 4.69) is 20.3 Å². The van der Waals surface area contributed by atoms with Crippen LogP contribution in [-0.4, -0.2) is 45.6 Å². The number of H-pyrrole nitrogens is 1. The van der Waals surface area contributed by atoms with E-state index in [-0.39, 0.29) is 24.1 Å². The van der Waals surface area contributed by atoms with Gasteiger partial charge in [0.1, 0.15) is 0 Å². The molecule has 11 heteroatoms. The topological polar surface area (TPSA) is 95.0 Å². The van der Waals surface area contributed by atoms with Crippen molar-refractivity contribution >= 4 is 22.5 Å². The van der Waals surface area contributed by atoms with Gasteiger partial charge in [-0.2, -0.15) is 18.3 Å². The molecule has 0 unspecified atom stereocenters. The lowest BCUT2D eigenvalue weighted by atomic mass is 9.88. The number of pyridine rings is 1. The molecule has 0 radical (unpaired) electrons. The molecular weight excluding hydrogens is 509 g/mol. The van der Waals surface area contributed by atoms with Crippen LogP contribution in [0.15, 0.2) is 23.1 Å². The highest BCUT2D eigenvalue weighted by Crippen LogP contribution is 2.38. The van der Waals surface area contributed by atoms with Crippen molar-refractivity contribution in [2.24, 2.45) is 7.05 Å². The summed E-state index contributed by atoms with van der Waals surface area (Å²) in [5, 5.41) is 10.1. The number of carbonyl (C=O) groups is 1. The van der Waals surface area contributed by atoms with Crippen LogP contribution in [0.2, 0.25) is 0 Å². The number of carbonyl (C=O) groups excluding carboxylic acids is 1. The molecule has 2 heterocycles. The molecule has 4 rings (SSSR count). The molecule has 39 heavy (non-hydrogen) atoms. The van der Waals surface area contributed by atoms with Crippen molar-refractivity contribution in [3.63, 3.8) is 0 Å². The Morgan fingerprint density at radius 1 is 1.15 bits per heavy atom. The number of amides is 1. The van der Waals surface area contributed by atoms with Gasteiger partial charge in [0.15, 0.2) is 0 Å². The molecule has 1 aromatic carbocycles. The van der Waals surface area contributed by atoms with E-state index in [1.807, 2.05) is 46.9 Å². The highest BCUT2D eigenvalue weighted by atomic mass is 19.4. The Hall–Kier alpha value is -3.34. The SMILES string of the molecule is CCc1c(C(=O)NCc2c(C)cc(C)[nH]c2=O)cc2c(cnn2C)c1N(CC)C1CCC(NC(F)(F)F)CC1. The predicted molar refractivity (Wildman–Crippen MR) is 146 cm³/mol. The van der Waals surface area contributed by atoms with Crippen molar-refractivity contribution in [3.05, 3.63) is 56.6 Å². The minimum Gasteiger partial charge on any atom is -0.368 e. The lowest BCUT2D eigenvalue weighted by Crippen LogP contribution is -2.47. The average molecular weight is 547 g/mol. The van der Waals surface area contributed by atoms with Crippen LogP contribution >= 0.6 is 0 Å². The quantitative estimate of drug-likeness (QED) is 0.359. The van der Waals surface area contributed by atoms with Crippen LogP contribution in [0.5, 0.6) is 0 Å².